The lowest BCUT2D eigenvalue weighted by Gasteiger charge is -2.05. The highest BCUT2D eigenvalue weighted by Crippen LogP contribution is 2.29. The lowest BCUT2D eigenvalue weighted by atomic mass is 10.3. The van der Waals surface area contributed by atoms with Crippen LogP contribution < -0.4 is 10.9 Å². The lowest BCUT2D eigenvalue weighted by molar-refractivity contribution is -0.121. The molecule has 0 bridgehead atoms. The van der Waals surface area contributed by atoms with Crippen LogP contribution in [0.4, 0.5) is 0 Å². The smallest absolute Gasteiger partial charge is 0.305 e. The molecule has 0 atom stereocenters. The fraction of sp³-hybridized carbons (Fsp3) is 0.133. The first-order valence-electron chi connectivity index (χ1n) is 6.83. The summed E-state index contributed by atoms with van der Waals surface area (Å²) in [7, 11) is 0. The molecule has 2 heterocycles. The van der Waals surface area contributed by atoms with Crippen molar-refractivity contribution in [2.75, 3.05) is 5.75 Å². The molecule has 0 aliphatic rings. The van der Waals surface area contributed by atoms with Crippen molar-refractivity contribution in [3.05, 3.63) is 48.4 Å². The highest BCUT2D eigenvalue weighted by atomic mass is 32.2. The molecule has 2 N–H and O–H groups in total. The maximum Gasteiger partial charge on any atom is 0.305 e. The molecule has 0 radical (unpaired) electrons. The number of nitrogens with zero attached hydrogens (tertiary/aromatic N) is 1. The predicted octanol–water partition coefficient (Wildman–Crippen LogP) is 2.83. The number of carbonyl (C=O) groups is 2. The van der Waals surface area contributed by atoms with Crippen LogP contribution in [0.3, 0.4) is 0 Å². The van der Waals surface area contributed by atoms with Gasteiger partial charge in [0.05, 0.1) is 16.5 Å². The summed E-state index contributed by atoms with van der Waals surface area (Å²) >= 11 is 3.13. The van der Waals surface area contributed by atoms with E-state index in [1.807, 2.05) is 24.3 Å². The third kappa shape index (κ3) is 4.11. The van der Waals surface area contributed by atoms with E-state index in [1.165, 1.54) is 24.1 Å². The second-order valence-corrected chi connectivity index (χ2v) is 6.90. The number of fused-ring (bicyclic) bond motifs is 1. The molecule has 0 unspecified atom stereocenters. The Bertz CT molecular complexity index is 781. The van der Waals surface area contributed by atoms with E-state index in [-0.39, 0.29) is 18.1 Å². The standard InChI is InChI=1S/C15H13N3O3S2/c19-13(17-18-14(20)11-5-3-8-21-11)7-9-22-15-16-10-4-1-2-6-12(10)23-15/h1-6,8H,7,9H2,(H,17,19)(H,18,20). The van der Waals surface area contributed by atoms with Crippen LogP contribution >= 0.6 is 23.1 Å². The Kier molecular flexibility index (Phi) is 4.94. The third-order valence-corrected chi connectivity index (χ3v) is 5.07. The monoisotopic (exact) mass is 347 g/mol. The molecule has 8 heteroatoms. The van der Waals surface area contributed by atoms with Crippen molar-refractivity contribution in [3.63, 3.8) is 0 Å². The Morgan fingerprint density at radius 1 is 1.17 bits per heavy atom. The first kappa shape index (κ1) is 15.6. The molecule has 0 fully saturated rings. The molecule has 118 valence electrons. The van der Waals surface area contributed by atoms with Gasteiger partial charge in [0.15, 0.2) is 10.1 Å². The minimum Gasteiger partial charge on any atom is -0.459 e. The summed E-state index contributed by atoms with van der Waals surface area (Å²) in [6.45, 7) is 0. The summed E-state index contributed by atoms with van der Waals surface area (Å²) in [5, 5.41) is 0. The van der Waals surface area contributed by atoms with Crippen LogP contribution in [-0.2, 0) is 4.79 Å². The average molecular weight is 347 g/mol. The first-order valence-corrected chi connectivity index (χ1v) is 8.63. The number of para-hydroxylation sites is 1. The molecule has 23 heavy (non-hydrogen) atoms. The van der Waals surface area contributed by atoms with Crippen LogP contribution in [0.15, 0.2) is 51.4 Å². The van der Waals surface area contributed by atoms with Gasteiger partial charge in [-0.05, 0) is 24.3 Å². The highest BCUT2D eigenvalue weighted by molar-refractivity contribution is 8.01. The molecule has 3 aromatic rings. The molecule has 0 aliphatic heterocycles. The number of thiazole rings is 1. The van der Waals surface area contributed by atoms with Crippen molar-refractivity contribution in [3.8, 4) is 0 Å². The van der Waals surface area contributed by atoms with Crippen molar-refractivity contribution in [2.24, 2.45) is 0 Å². The van der Waals surface area contributed by atoms with Gasteiger partial charge >= 0.3 is 5.91 Å². The van der Waals surface area contributed by atoms with Gasteiger partial charge in [-0.3, -0.25) is 20.4 Å². The molecule has 3 rings (SSSR count). The molecule has 0 spiro atoms. The number of benzene rings is 1. The second-order valence-electron chi connectivity index (χ2n) is 4.53. The minimum atomic E-state index is -0.484. The van der Waals surface area contributed by atoms with Crippen LogP contribution in [0.25, 0.3) is 10.2 Å². The SMILES string of the molecule is O=C(CCSc1nc2ccccc2s1)NNC(=O)c1ccco1. The zero-order valence-corrected chi connectivity index (χ0v) is 13.6. The van der Waals surface area contributed by atoms with E-state index in [1.54, 1.807) is 17.4 Å². The molecule has 0 saturated carbocycles. The maximum absolute atomic E-state index is 11.7. The van der Waals surface area contributed by atoms with Gasteiger partial charge in [0.2, 0.25) is 5.91 Å². The fourth-order valence-electron chi connectivity index (χ4n) is 1.80. The van der Waals surface area contributed by atoms with Gasteiger partial charge in [-0.15, -0.1) is 11.3 Å². The van der Waals surface area contributed by atoms with Crippen molar-refractivity contribution < 1.29 is 14.0 Å². The number of rotatable bonds is 5. The van der Waals surface area contributed by atoms with Gasteiger partial charge < -0.3 is 4.42 Å². The van der Waals surface area contributed by atoms with Crippen molar-refractivity contribution in [2.45, 2.75) is 10.8 Å². The number of nitrogens with one attached hydrogen (secondary N) is 2. The summed E-state index contributed by atoms with van der Waals surface area (Å²) in [6, 6.07) is 11.0. The number of furan rings is 1. The summed E-state index contributed by atoms with van der Waals surface area (Å²) in [4.78, 5) is 27.7. The number of thioether (sulfide) groups is 1. The molecule has 2 amide bonds. The molecular weight excluding hydrogens is 334 g/mol. The highest BCUT2D eigenvalue weighted by Gasteiger charge is 2.10. The van der Waals surface area contributed by atoms with Crippen LogP contribution in [0.2, 0.25) is 0 Å². The first-order chi connectivity index (χ1) is 11.2. The number of carbonyl (C=O) groups excluding carboxylic acids is 2. The summed E-state index contributed by atoms with van der Waals surface area (Å²) < 4.78 is 6.98. The van der Waals surface area contributed by atoms with E-state index in [9.17, 15) is 9.59 Å². The zero-order chi connectivity index (χ0) is 16.1. The van der Waals surface area contributed by atoms with Gasteiger partial charge in [0.1, 0.15) is 0 Å². The van der Waals surface area contributed by atoms with Crippen LogP contribution in [-0.4, -0.2) is 22.6 Å². The largest absolute Gasteiger partial charge is 0.459 e. The van der Waals surface area contributed by atoms with Gasteiger partial charge in [0, 0.05) is 12.2 Å². The second kappa shape index (κ2) is 7.30. The summed E-state index contributed by atoms with van der Waals surface area (Å²) in [5.74, 6) is -0.0164. The van der Waals surface area contributed by atoms with E-state index in [4.69, 9.17) is 4.42 Å². The molecule has 6 nitrogen and oxygen atoms in total. The topological polar surface area (TPSA) is 84.2 Å². The van der Waals surface area contributed by atoms with Gasteiger partial charge in [-0.25, -0.2) is 4.98 Å². The number of hydrazine groups is 1. The van der Waals surface area contributed by atoms with Crippen LogP contribution in [0, 0.1) is 0 Å². The average Bonchev–Trinajstić information content (AvgIpc) is 3.21. The lowest BCUT2D eigenvalue weighted by Crippen LogP contribution is -2.41. The number of hydrogen-bond donors (Lipinski definition) is 2. The van der Waals surface area contributed by atoms with Crippen LogP contribution in [0.5, 0.6) is 0 Å². The summed E-state index contributed by atoms with van der Waals surface area (Å²) in [5.41, 5.74) is 5.62. The maximum atomic E-state index is 11.7. The van der Waals surface area contributed by atoms with Gasteiger partial charge in [-0.1, -0.05) is 23.9 Å². The predicted molar refractivity (Wildman–Crippen MR) is 89.3 cm³/mol. The minimum absolute atomic E-state index is 0.147. The molecule has 0 saturated heterocycles. The zero-order valence-electron chi connectivity index (χ0n) is 11.9. The van der Waals surface area contributed by atoms with Gasteiger partial charge in [0.25, 0.3) is 0 Å². The number of aromatic nitrogens is 1. The van der Waals surface area contributed by atoms with E-state index in [0.29, 0.717) is 5.75 Å². The van der Waals surface area contributed by atoms with Gasteiger partial charge in [-0.2, -0.15) is 0 Å². The molecular formula is C15H13N3O3S2. The van der Waals surface area contributed by atoms with Crippen molar-refractivity contribution >= 4 is 45.1 Å². The Morgan fingerprint density at radius 3 is 2.83 bits per heavy atom. The number of amides is 2. The molecule has 1 aromatic carbocycles. The van der Waals surface area contributed by atoms with E-state index < -0.39 is 5.91 Å². The van der Waals surface area contributed by atoms with Crippen molar-refractivity contribution in [1.29, 1.82) is 0 Å². The number of hydrogen-bond acceptors (Lipinski definition) is 6. The fourth-order valence-corrected chi connectivity index (χ4v) is 3.88. The van der Waals surface area contributed by atoms with E-state index in [0.717, 1.165) is 14.6 Å². The van der Waals surface area contributed by atoms with Crippen LogP contribution in [0.1, 0.15) is 17.0 Å². The van der Waals surface area contributed by atoms with E-state index in [2.05, 4.69) is 15.8 Å². The molecule has 2 aromatic heterocycles. The van der Waals surface area contributed by atoms with E-state index >= 15 is 0 Å². The Hall–Kier alpha value is -2.32. The Morgan fingerprint density at radius 2 is 2.04 bits per heavy atom. The quantitative estimate of drug-likeness (QED) is 0.548. The third-order valence-electron chi connectivity index (χ3n) is 2.89. The van der Waals surface area contributed by atoms with Crippen molar-refractivity contribution in [1.82, 2.24) is 15.8 Å². The molecule has 0 aliphatic carbocycles. The summed E-state index contributed by atoms with van der Waals surface area (Å²) in [6.07, 6.45) is 1.67. The Labute approximate surface area is 140 Å². The normalized spacial score (nSPS) is 10.6. The Balaban J connectivity index is 1.41.